The average Bonchev–Trinajstić information content (AvgIpc) is 2.61. The molecule has 2 rings (SSSR count). The van der Waals surface area contributed by atoms with Crippen molar-refractivity contribution >= 4 is 5.78 Å². The predicted molar refractivity (Wildman–Crippen MR) is 61.1 cm³/mol. The van der Waals surface area contributed by atoms with Crippen LogP contribution in [0.5, 0.6) is 0 Å². The van der Waals surface area contributed by atoms with Crippen molar-refractivity contribution < 1.29 is 4.79 Å². The lowest BCUT2D eigenvalue weighted by atomic mass is 9.96. The molecule has 0 bridgehead atoms. The Hall–Kier alpha value is -1.19. The van der Waals surface area contributed by atoms with Gasteiger partial charge in [0.25, 0.3) is 0 Å². The summed E-state index contributed by atoms with van der Waals surface area (Å²) in [5, 5.41) is 8.07. The molecule has 88 valence electrons. The van der Waals surface area contributed by atoms with Gasteiger partial charge in [-0.25, -0.2) is 4.68 Å². The van der Waals surface area contributed by atoms with Crippen LogP contribution >= 0.6 is 0 Å². The highest BCUT2D eigenvalue weighted by molar-refractivity contribution is 5.79. The highest BCUT2D eigenvalue weighted by Gasteiger charge is 2.22. The summed E-state index contributed by atoms with van der Waals surface area (Å²) in [6.45, 7) is 3.03. The first kappa shape index (κ1) is 11.3. The van der Waals surface area contributed by atoms with Crippen molar-refractivity contribution in [1.29, 1.82) is 0 Å². The van der Waals surface area contributed by atoms with Gasteiger partial charge in [-0.15, -0.1) is 5.10 Å². The van der Waals surface area contributed by atoms with Gasteiger partial charge >= 0.3 is 0 Å². The monoisotopic (exact) mass is 221 g/mol. The van der Waals surface area contributed by atoms with E-state index in [1.807, 2.05) is 10.9 Å². The summed E-state index contributed by atoms with van der Waals surface area (Å²) in [5.41, 5.74) is 1.15. The maximum Gasteiger partial charge on any atom is 0.133 e. The van der Waals surface area contributed by atoms with Crippen LogP contribution in [0.3, 0.4) is 0 Å². The molecular formula is C12H19N3O. The molecule has 16 heavy (non-hydrogen) atoms. The van der Waals surface area contributed by atoms with Gasteiger partial charge in [-0.1, -0.05) is 18.6 Å². The molecule has 0 aliphatic heterocycles. The summed E-state index contributed by atoms with van der Waals surface area (Å²) < 4.78 is 1.96. The molecule has 1 aliphatic rings. The van der Waals surface area contributed by atoms with E-state index in [9.17, 15) is 4.79 Å². The van der Waals surface area contributed by atoms with Gasteiger partial charge in [-0.3, -0.25) is 4.79 Å². The van der Waals surface area contributed by atoms with Gasteiger partial charge in [0.1, 0.15) is 5.78 Å². The predicted octanol–water partition coefficient (Wildman–Crippen LogP) is 2.30. The first-order chi connectivity index (χ1) is 7.81. The fourth-order valence-corrected chi connectivity index (χ4v) is 2.41. The van der Waals surface area contributed by atoms with Gasteiger partial charge in [-0.2, -0.15) is 0 Å². The zero-order chi connectivity index (χ0) is 11.4. The van der Waals surface area contributed by atoms with E-state index in [0.717, 1.165) is 44.3 Å². The average molecular weight is 221 g/mol. The van der Waals surface area contributed by atoms with E-state index < -0.39 is 0 Å². The van der Waals surface area contributed by atoms with E-state index in [1.54, 1.807) is 0 Å². The van der Waals surface area contributed by atoms with E-state index in [0.29, 0.717) is 18.1 Å². The third-order valence-electron chi connectivity index (χ3n) is 3.23. The first-order valence-electron chi connectivity index (χ1n) is 6.21. The third-order valence-corrected chi connectivity index (χ3v) is 3.23. The number of carbonyl (C=O) groups excluding carboxylic acids is 1. The van der Waals surface area contributed by atoms with Crippen LogP contribution in [0.25, 0.3) is 0 Å². The van der Waals surface area contributed by atoms with Gasteiger partial charge < -0.3 is 0 Å². The molecular weight excluding hydrogens is 202 g/mol. The van der Waals surface area contributed by atoms with Crippen LogP contribution in [0.15, 0.2) is 6.20 Å². The van der Waals surface area contributed by atoms with Crippen molar-refractivity contribution in [3.63, 3.8) is 0 Å². The Labute approximate surface area is 96.0 Å². The second-order valence-corrected chi connectivity index (χ2v) is 4.57. The number of aryl methyl sites for hydroxylation is 1. The molecule has 0 saturated heterocycles. The van der Waals surface area contributed by atoms with Crippen LogP contribution in [0.2, 0.25) is 0 Å². The Kier molecular flexibility index (Phi) is 3.70. The normalized spacial score (nSPS) is 22.1. The molecule has 1 saturated carbocycles. The lowest BCUT2D eigenvalue weighted by Crippen LogP contribution is -2.11. The second kappa shape index (κ2) is 5.23. The van der Waals surface area contributed by atoms with Crippen molar-refractivity contribution in [1.82, 2.24) is 15.0 Å². The van der Waals surface area contributed by atoms with E-state index in [-0.39, 0.29) is 0 Å². The molecule has 0 N–H and O–H groups in total. The van der Waals surface area contributed by atoms with Crippen LogP contribution in [-0.2, 0) is 11.3 Å². The number of rotatable bonds is 3. The number of ketones is 1. The minimum atomic E-state index is 0.344. The summed E-state index contributed by atoms with van der Waals surface area (Å²) in [6.07, 6.45) is 7.61. The zero-order valence-corrected chi connectivity index (χ0v) is 9.85. The first-order valence-corrected chi connectivity index (χ1v) is 6.21. The van der Waals surface area contributed by atoms with Gasteiger partial charge in [0.2, 0.25) is 0 Å². The SMILES string of the molecule is CCCn1nncc1C1CCCCC(=O)C1. The van der Waals surface area contributed by atoms with E-state index in [2.05, 4.69) is 17.2 Å². The maximum atomic E-state index is 11.6. The van der Waals surface area contributed by atoms with Crippen LogP contribution in [0.4, 0.5) is 0 Å². The highest BCUT2D eigenvalue weighted by Crippen LogP contribution is 2.29. The molecule has 4 heteroatoms. The molecule has 0 amide bonds. The Morgan fingerprint density at radius 1 is 1.50 bits per heavy atom. The number of hydrogen-bond donors (Lipinski definition) is 0. The fraction of sp³-hybridized carbons (Fsp3) is 0.750. The van der Waals surface area contributed by atoms with Crippen molar-refractivity contribution in [3.05, 3.63) is 11.9 Å². The lowest BCUT2D eigenvalue weighted by molar-refractivity contribution is -0.119. The molecule has 0 radical (unpaired) electrons. The number of aromatic nitrogens is 3. The summed E-state index contributed by atoms with van der Waals surface area (Å²) >= 11 is 0. The summed E-state index contributed by atoms with van der Waals surface area (Å²) in [4.78, 5) is 11.6. The third kappa shape index (κ3) is 2.49. The standard InChI is InChI=1S/C12H19N3O/c1-2-7-15-12(9-13-14-15)10-5-3-4-6-11(16)8-10/h9-10H,2-8H2,1H3. The van der Waals surface area contributed by atoms with Crippen LogP contribution in [-0.4, -0.2) is 20.8 Å². The quantitative estimate of drug-likeness (QED) is 0.736. The van der Waals surface area contributed by atoms with E-state index in [4.69, 9.17) is 0 Å². The smallest absolute Gasteiger partial charge is 0.133 e. The molecule has 1 unspecified atom stereocenters. The van der Waals surface area contributed by atoms with Crippen LogP contribution in [0, 0.1) is 0 Å². The number of Topliss-reactive ketones (excluding diaryl/α,β-unsaturated/α-hetero) is 1. The highest BCUT2D eigenvalue weighted by atomic mass is 16.1. The molecule has 1 aromatic heterocycles. The molecule has 1 atom stereocenters. The van der Waals surface area contributed by atoms with E-state index in [1.165, 1.54) is 0 Å². The summed E-state index contributed by atoms with van der Waals surface area (Å²) in [5.74, 6) is 0.739. The minimum Gasteiger partial charge on any atom is -0.300 e. The van der Waals surface area contributed by atoms with Gasteiger partial charge in [0.05, 0.1) is 11.9 Å². The van der Waals surface area contributed by atoms with Crippen LogP contribution < -0.4 is 0 Å². The molecule has 1 fully saturated rings. The number of carbonyl (C=O) groups is 1. The fourth-order valence-electron chi connectivity index (χ4n) is 2.41. The number of hydrogen-bond acceptors (Lipinski definition) is 3. The Morgan fingerprint density at radius 2 is 2.38 bits per heavy atom. The van der Waals surface area contributed by atoms with Crippen LogP contribution in [0.1, 0.15) is 57.1 Å². The molecule has 4 nitrogen and oxygen atoms in total. The van der Waals surface area contributed by atoms with Gasteiger partial charge in [0, 0.05) is 25.3 Å². The lowest BCUT2D eigenvalue weighted by Gasteiger charge is -2.14. The van der Waals surface area contributed by atoms with Crippen molar-refractivity contribution in [2.45, 2.75) is 57.9 Å². The summed E-state index contributed by atoms with van der Waals surface area (Å²) in [7, 11) is 0. The Morgan fingerprint density at radius 3 is 3.19 bits per heavy atom. The van der Waals surface area contributed by atoms with Gasteiger partial charge in [-0.05, 0) is 19.3 Å². The van der Waals surface area contributed by atoms with Gasteiger partial charge in [0.15, 0.2) is 0 Å². The second-order valence-electron chi connectivity index (χ2n) is 4.57. The minimum absolute atomic E-state index is 0.344. The Bertz CT molecular complexity index is 359. The van der Waals surface area contributed by atoms with Crippen molar-refractivity contribution in [2.75, 3.05) is 0 Å². The van der Waals surface area contributed by atoms with E-state index >= 15 is 0 Å². The number of nitrogens with zero attached hydrogens (tertiary/aromatic N) is 3. The molecule has 0 spiro atoms. The van der Waals surface area contributed by atoms with Crippen molar-refractivity contribution in [3.8, 4) is 0 Å². The zero-order valence-electron chi connectivity index (χ0n) is 9.85. The maximum absolute atomic E-state index is 11.6. The Balaban J connectivity index is 2.14. The molecule has 1 heterocycles. The molecule has 0 aromatic carbocycles. The molecule has 1 aliphatic carbocycles. The summed E-state index contributed by atoms with van der Waals surface area (Å²) in [6, 6.07) is 0. The molecule has 1 aromatic rings. The van der Waals surface area contributed by atoms with Crippen molar-refractivity contribution in [2.24, 2.45) is 0 Å². The largest absolute Gasteiger partial charge is 0.300 e. The topological polar surface area (TPSA) is 47.8 Å².